The third-order valence-electron chi connectivity index (χ3n) is 5.05. The molecular weight excluding hydrogens is 392 g/mol. The molecule has 0 unspecified atom stereocenters. The number of hydrogen-bond acceptors (Lipinski definition) is 4. The van der Waals surface area contributed by atoms with Crippen LogP contribution in [0.1, 0.15) is 21.7 Å². The van der Waals surface area contributed by atoms with E-state index in [1.807, 2.05) is 53.4 Å². The van der Waals surface area contributed by atoms with Crippen molar-refractivity contribution in [1.29, 1.82) is 0 Å². The van der Waals surface area contributed by atoms with E-state index in [0.29, 0.717) is 30.9 Å². The van der Waals surface area contributed by atoms with E-state index in [-0.39, 0.29) is 17.1 Å². The normalized spacial score (nSPS) is 10.9. The van der Waals surface area contributed by atoms with Crippen LogP contribution in [0, 0.1) is 0 Å². The molecule has 31 heavy (non-hydrogen) atoms. The predicted molar refractivity (Wildman–Crippen MR) is 120 cm³/mol. The molecule has 6 nitrogen and oxygen atoms in total. The zero-order chi connectivity index (χ0) is 21.8. The molecule has 0 aliphatic rings. The second-order valence-electron chi connectivity index (χ2n) is 7.63. The maximum atomic E-state index is 12.4. The second-order valence-corrected chi connectivity index (χ2v) is 7.63. The Morgan fingerprint density at radius 1 is 1.03 bits per heavy atom. The summed E-state index contributed by atoms with van der Waals surface area (Å²) in [6, 6.07) is 16.9. The number of benzene rings is 2. The van der Waals surface area contributed by atoms with Gasteiger partial charge in [-0.1, -0.05) is 36.4 Å². The summed E-state index contributed by atoms with van der Waals surface area (Å²) in [5.41, 5.74) is 1.46. The molecule has 0 bridgehead atoms. The van der Waals surface area contributed by atoms with Crippen molar-refractivity contribution in [1.82, 2.24) is 9.47 Å². The maximum Gasteiger partial charge on any atom is 0.253 e. The summed E-state index contributed by atoms with van der Waals surface area (Å²) in [4.78, 5) is 25.9. The molecule has 0 spiro atoms. The Bertz CT molecular complexity index is 1220. The second kappa shape index (κ2) is 8.92. The number of aromatic nitrogens is 1. The first-order valence-electron chi connectivity index (χ1n) is 10.1. The minimum atomic E-state index is -0.204. The minimum Gasteiger partial charge on any atom is -0.486 e. The molecule has 0 aliphatic carbocycles. The van der Waals surface area contributed by atoms with E-state index >= 15 is 0 Å². The number of fused-ring (bicyclic) bond motifs is 1. The van der Waals surface area contributed by atoms with Gasteiger partial charge in [0, 0.05) is 44.5 Å². The number of amides is 1. The Kier molecular flexibility index (Phi) is 5.89. The summed E-state index contributed by atoms with van der Waals surface area (Å²) < 4.78 is 13.2. The molecule has 158 valence electrons. The number of hydrogen-bond donors (Lipinski definition) is 0. The van der Waals surface area contributed by atoms with E-state index in [0.717, 1.165) is 16.3 Å². The van der Waals surface area contributed by atoms with E-state index in [4.69, 9.17) is 9.15 Å². The highest BCUT2D eigenvalue weighted by Gasteiger charge is 2.09. The lowest BCUT2D eigenvalue weighted by Gasteiger charge is -2.10. The van der Waals surface area contributed by atoms with Gasteiger partial charge in [0.25, 0.3) is 5.91 Å². The van der Waals surface area contributed by atoms with E-state index < -0.39 is 0 Å². The summed E-state index contributed by atoms with van der Waals surface area (Å²) in [6.45, 7) is 0.816. The van der Waals surface area contributed by atoms with E-state index in [9.17, 15) is 9.59 Å². The van der Waals surface area contributed by atoms with Gasteiger partial charge >= 0.3 is 0 Å². The number of nitrogens with zero attached hydrogens (tertiary/aromatic N) is 2. The van der Waals surface area contributed by atoms with Crippen LogP contribution >= 0.6 is 0 Å². The molecule has 0 saturated heterocycles. The smallest absolute Gasteiger partial charge is 0.253 e. The van der Waals surface area contributed by atoms with Gasteiger partial charge in [-0.15, -0.1) is 0 Å². The quantitative estimate of drug-likeness (QED) is 0.457. The first kappa shape index (κ1) is 20.5. The van der Waals surface area contributed by atoms with Crippen molar-refractivity contribution < 1.29 is 13.9 Å². The van der Waals surface area contributed by atoms with Crippen molar-refractivity contribution in [2.24, 2.45) is 0 Å². The van der Waals surface area contributed by atoms with E-state index in [1.54, 1.807) is 31.1 Å². The number of carbonyl (C=O) groups is 1. The molecule has 2 aromatic carbocycles. The van der Waals surface area contributed by atoms with Crippen LogP contribution in [-0.2, 0) is 13.0 Å². The zero-order valence-corrected chi connectivity index (χ0v) is 17.6. The average molecular weight is 416 g/mol. The lowest BCUT2D eigenvalue weighted by molar-refractivity contribution is 0.0827. The van der Waals surface area contributed by atoms with Crippen molar-refractivity contribution >= 4 is 16.7 Å². The first-order chi connectivity index (χ1) is 15.0. The van der Waals surface area contributed by atoms with Gasteiger partial charge in [0.1, 0.15) is 12.0 Å². The van der Waals surface area contributed by atoms with Gasteiger partial charge < -0.3 is 18.6 Å². The lowest BCUT2D eigenvalue weighted by Crippen LogP contribution is -2.21. The molecule has 0 aliphatic heterocycles. The Morgan fingerprint density at radius 2 is 1.71 bits per heavy atom. The molecule has 4 aromatic rings. The molecule has 0 atom stereocenters. The van der Waals surface area contributed by atoms with Crippen molar-refractivity contribution in [3.63, 3.8) is 0 Å². The fourth-order valence-corrected chi connectivity index (χ4v) is 3.39. The van der Waals surface area contributed by atoms with Gasteiger partial charge in [-0.25, -0.2) is 0 Å². The summed E-state index contributed by atoms with van der Waals surface area (Å²) in [7, 11) is 3.45. The highest BCUT2D eigenvalue weighted by Crippen LogP contribution is 2.16. The largest absolute Gasteiger partial charge is 0.486 e. The minimum absolute atomic E-state index is 0.0338. The van der Waals surface area contributed by atoms with Gasteiger partial charge in [-0.2, -0.15) is 0 Å². The third-order valence-corrected chi connectivity index (χ3v) is 5.05. The Morgan fingerprint density at radius 3 is 2.32 bits per heavy atom. The summed E-state index contributed by atoms with van der Waals surface area (Å²) in [5, 5.41) is 2.29. The van der Waals surface area contributed by atoms with Crippen LogP contribution in [0.2, 0.25) is 0 Å². The molecular formula is C25H24N2O4. The zero-order valence-electron chi connectivity index (χ0n) is 17.6. The Balaban J connectivity index is 1.34. The molecule has 6 heteroatoms. The Hall–Kier alpha value is -3.80. The van der Waals surface area contributed by atoms with Crippen LogP contribution in [0.15, 0.2) is 82.5 Å². The highest BCUT2D eigenvalue weighted by atomic mass is 16.5. The van der Waals surface area contributed by atoms with Crippen LogP contribution in [0.4, 0.5) is 0 Å². The van der Waals surface area contributed by atoms with Crippen LogP contribution in [0.25, 0.3) is 10.8 Å². The van der Waals surface area contributed by atoms with Crippen LogP contribution in [0.3, 0.4) is 0 Å². The first-order valence-corrected chi connectivity index (χ1v) is 10.1. The van der Waals surface area contributed by atoms with Gasteiger partial charge in [0.15, 0.2) is 0 Å². The molecule has 2 aromatic heterocycles. The predicted octanol–water partition coefficient (Wildman–Crippen LogP) is 3.97. The van der Waals surface area contributed by atoms with Gasteiger partial charge in [0.2, 0.25) is 11.2 Å². The van der Waals surface area contributed by atoms with E-state index in [2.05, 4.69) is 0 Å². The number of ether oxygens (including phenoxy) is 1. The average Bonchev–Trinajstić information content (AvgIpc) is 3.17. The van der Waals surface area contributed by atoms with Crippen molar-refractivity contribution in [3.05, 3.63) is 100 Å². The van der Waals surface area contributed by atoms with Crippen LogP contribution < -0.4 is 10.2 Å². The molecule has 1 amide bonds. The number of rotatable bonds is 7. The SMILES string of the molecule is CN(C)C(=O)c1ccc(CCOc2coc(Cn3cc4ccccc4c3)cc2=O)cc1. The van der Waals surface area contributed by atoms with Crippen LogP contribution in [0.5, 0.6) is 5.75 Å². The van der Waals surface area contributed by atoms with E-state index in [1.165, 1.54) is 12.3 Å². The highest BCUT2D eigenvalue weighted by molar-refractivity contribution is 5.93. The Labute approximate surface area is 180 Å². The van der Waals surface area contributed by atoms with Crippen molar-refractivity contribution in [2.75, 3.05) is 20.7 Å². The van der Waals surface area contributed by atoms with Crippen LogP contribution in [-0.4, -0.2) is 36.1 Å². The van der Waals surface area contributed by atoms with Crippen molar-refractivity contribution in [2.45, 2.75) is 13.0 Å². The third kappa shape index (κ3) is 4.86. The molecule has 0 saturated carbocycles. The fraction of sp³-hybridized carbons (Fsp3) is 0.200. The fourth-order valence-electron chi connectivity index (χ4n) is 3.39. The van der Waals surface area contributed by atoms with Crippen molar-refractivity contribution in [3.8, 4) is 5.75 Å². The summed E-state index contributed by atoms with van der Waals surface area (Å²) >= 11 is 0. The topological polar surface area (TPSA) is 64.7 Å². The molecule has 4 rings (SSSR count). The van der Waals surface area contributed by atoms with Gasteiger partial charge in [-0.3, -0.25) is 9.59 Å². The molecule has 0 N–H and O–H groups in total. The molecule has 2 heterocycles. The van der Waals surface area contributed by atoms with Gasteiger partial charge in [0.05, 0.1) is 13.2 Å². The number of carbonyl (C=O) groups excluding carboxylic acids is 1. The maximum absolute atomic E-state index is 12.4. The lowest BCUT2D eigenvalue weighted by atomic mass is 10.1. The standard InChI is InChI=1S/C25H24N2O4/c1-26(2)25(29)19-9-7-18(8-10-19)11-12-30-24-17-31-22(13-23(24)28)16-27-14-20-5-3-4-6-21(20)15-27/h3-10,13-15,17H,11-12,16H2,1-2H3. The molecule has 0 fully saturated rings. The summed E-state index contributed by atoms with van der Waals surface area (Å²) in [5.74, 6) is 0.730. The molecule has 0 radical (unpaired) electrons. The monoisotopic (exact) mass is 416 g/mol. The van der Waals surface area contributed by atoms with Gasteiger partial charge in [-0.05, 0) is 28.5 Å². The summed E-state index contributed by atoms with van der Waals surface area (Å²) in [6.07, 6.45) is 6.04.